The topological polar surface area (TPSA) is 58.6 Å². The molecule has 0 saturated heterocycles. The molecule has 1 aliphatic rings. The molecule has 0 bridgehead atoms. The predicted octanol–water partition coefficient (Wildman–Crippen LogP) is 3.82. The van der Waals surface area contributed by atoms with E-state index in [0.717, 1.165) is 29.7 Å². The van der Waals surface area contributed by atoms with Crippen LogP contribution in [0, 0.1) is 5.41 Å². The molecule has 4 nitrogen and oxygen atoms in total. The molecule has 138 valence electrons. The lowest BCUT2D eigenvalue weighted by atomic mass is 9.92. The SMILES string of the molecule is COc1ccccc1C(C)CC(=O)NCC1(C(O)c2ccccc2)CC1. The van der Waals surface area contributed by atoms with Gasteiger partial charge in [0, 0.05) is 18.4 Å². The van der Waals surface area contributed by atoms with Crippen molar-refractivity contribution in [1.29, 1.82) is 0 Å². The quantitative estimate of drug-likeness (QED) is 0.758. The number of hydrogen-bond acceptors (Lipinski definition) is 3. The Hall–Kier alpha value is -2.33. The van der Waals surface area contributed by atoms with Crippen LogP contribution >= 0.6 is 0 Å². The van der Waals surface area contributed by atoms with Gasteiger partial charge in [-0.15, -0.1) is 0 Å². The average molecular weight is 353 g/mol. The molecule has 4 heteroatoms. The molecule has 2 atom stereocenters. The molecule has 0 aromatic heterocycles. The van der Waals surface area contributed by atoms with E-state index in [1.165, 1.54) is 0 Å². The highest BCUT2D eigenvalue weighted by atomic mass is 16.5. The maximum Gasteiger partial charge on any atom is 0.220 e. The second-order valence-corrected chi connectivity index (χ2v) is 7.30. The largest absolute Gasteiger partial charge is 0.496 e. The molecule has 2 aromatic rings. The Bertz CT molecular complexity index is 740. The summed E-state index contributed by atoms with van der Waals surface area (Å²) in [6.07, 6.45) is 1.74. The van der Waals surface area contributed by atoms with Gasteiger partial charge in [-0.05, 0) is 36.0 Å². The number of carbonyl (C=O) groups excluding carboxylic acids is 1. The number of benzene rings is 2. The van der Waals surface area contributed by atoms with Crippen molar-refractivity contribution in [3.8, 4) is 5.75 Å². The van der Waals surface area contributed by atoms with Gasteiger partial charge < -0.3 is 15.2 Å². The van der Waals surface area contributed by atoms with Gasteiger partial charge in [0.05, 0.1) is 13.2 Å². The van der Waals surface area contributed by atoms with Crippen LogP contribution in [0.2, 0.25) is 0 Å². The standard InChI is InChI=1S/C22H27NO3/c1-16(18-10-6-7-11-19(18)26-2)14-20(24)23-15-22(12-13-22)21(25)17-8-4-3-5-9-17/h3-11,16,21,25H,12-15H2,1-2H3,(H,23,24). The normalized spacial score (nSPS) is 17.2. The Morgan fingerprint density at radius 2 is 1.81 bits per heavy atom. The third-order valence-electron chi connectivity index (χ3n) is 5.39. The first-order valence-corrected chi connectivity index (χ1v) is 9.18. The Morgan fingerprint density at radius 3 is 2.46 bits per heavy atom. The minimum absolute atomic E-state index is 0.00921. The lowest BCUT2D eigenvalue weighted by Crippen LogP contribution is -2.33. The smallest absolute Gasteiger partial charge is 0.220 e. The zero-order chi connectivity index (χ0) is 18.6. The second-order valence-electron chi connectivity index (χ2n) is 7.30. The first-order valence-electron chi connectivity index (χ1n) is 9.18. The summed E-state index contributed by atoms with van der Waals surface area (Å²) in [4.78, 5) is 12.4. The van der Waals surface area contributed by atoms with Gasteiger partial charge in [-0.3, -0.25) is 4.79 Å². The number of nitrogens with one attached hydrogen (secondary N) is 1. The lowest BCUT2D eigenvalue weighted by molar-refractivity contribution is -0.121. The van der Waals surface area contributed by atoms with Gasteiger partial charge in [-0.2, -0.15) is 0 Å². The van der Waals surface area contributed by atoms with E-state index in [1.54, 1.807) is 7.11 Å². The summed E-state index contributed by atoms with van der Waals surface area (Å²) in [7, 11) is 1.65. The number of aliphatic hydroxyl groups excluding tert-OH is 1. The molecule has 0 aliphatic heterocycles. The molecule has 1 amide bonds. The van der Waals surface area contributed by atoms with E-state index in [-0.39, 0.29) is 17.2 Å². The van der Waals surface area contributed by atoms with Gasteiger partial charge in [-0.25, -0.2) is 0 Å². The summed E-state index contributed by atoms with van der Waals surface area (Å²) >= 11 is 0. The van der Waals surface area contributed by atoms with Crippen molar-refractivity contribution in [3.05, 3.63) is 65.7 Å². The van der Waals surface area contributed by atoms with Crippen molar-refractivity contribution in [2.45, 2.75) is 38.2 Å². The summed E-state index contributed by atoms with van der Waals surface area (Å²) in [6.45, 7) is 2.55. The molecule has 2 N–H and O–H groups in total. The number of amides is 1. The van der Waals surface area contributed by atoms with Crippen LogP contribution in [0.15, 0.2) is 54.6 Å². The Kier molecular flexibility index (Phi) is 5.62. The van der Waals surface area contributed by atoms with Crippen molar-refractivity contribution in [3.63, 3.8) is 0 Å². The highest BCUT2D eigenvalue weighted by molar-refractivity contribution is 5.77. The number of carbonyl (C=O) groups is 1. The van der Waals surface area contributed by atoms with E-state index in [0.29, 0.717) is 13.0 Å². The van der Waals surface area contributed by atoms with Crippen molar-refractivity contribution in [2.75, 3.05) is 13.7 Å². The fourth-order valence-corrected chi connectivity index (χ4v) is 3.50. The van der Waals surface area contributed by atoms with E-state index >= 15 is 0 Å². The van der Waals surface area contributed by atoms with Gasteiger partial charge in [-0.1, -0.05) is 55.5 Å². The first-order chi connectivity index (χ1) is 12.6. The van der Waals surface area contributed by atoms with Gasteiger partial charge in [0.25, 0.3) is 0 Å². The van der Waals surface area contributed by atoms with Gasteiger partial charge in [0.1, 0.15) is 5.75 Å². The summed E-state index contributed by atoms with van der Waals surface area (Å²) < 4.78 is 5.39. The minimum Gasteiger partial charge on any atom is -0.496 e. The highest BCUT2D eigenvalue weighted by Crippen LogP contribution is 2.54. The molecule has 0 spiro atoms. The van der Waals surface area contributed by atoms with E-state index < -0.39 is 6.10 Å². The summed E-state index contributed by atoms with van der Waals surface area (Å²) in [6, 6.07) is 17.5. The predicted molar refractivity (Wildman–Crippen MR) is 102 cm³/mol. The van der Waals surface area contributed by atoms with Gasteiger partial charge >= 0.3 is 0 Å². The molecule has 3 rings (SSSR count). The van der Waals surface area contributed by atoms with Crippen LogP contribution in [0.3, 0.4) is 0 Å². The first kappa shape index (κ1) is 18.5. The Morgan fingerprint density at radius 1 is 1.15 bits per heavy atom. The average Bonchev–Trinajstić information content (AvgIpc) is 3.47. The monoisotopic (exact) mass is 353 g/mol. The van der Waals surface area contributed by atoms with Crippen LogP contribution < -0.4 is 10.1 Å². The molecule has 0 heterocycles. The zero-order valence-electron chi connectivity index (χ0n) is 15.4. The van der Waals surface area contributed by atoms with Crippen molar-refractivity contribution < 1.29 is 14.6 Å². The Balaban J connectivity index is 1.56. The van der Waals surface area contributed by atoms with E-state index in [4.69, 9.17) is 4.74 Å². The molecule has 0 radical (unpaired) electrons. The van der Waals surface area contributed by atoms with E-state index in [9.17, 15) is 9.90 Å². The van der Waals surface area contributed by atoms with Crippen LogP contribution in [0.25, 0.3) is 0 Å². The van der Waals surface area contributed by atoms with E-state index in [1.807, 2.05) is 61.5 Å². The van der Waals surface area contributed by atoms with Crippen LogP contribution in [0.1, 0.15) is 49.3 Å². The third-order valence-corrected chi connectivity index (χ3v) is 5.39. The third kappa shape index (κ3) is 4.07. The van der Waals surface area contributed by atoms with Crippen molar-refractivity contribution in [1.82, 2.24) is 5.32 Å². The maximum absolute atomic E-state index is 12.4. The van der Waals surface area contributed by atoms with Crippen LogP contribution in [0.4, 0.5) is 0 Å². The Labute approximate surface area is 155 Å². The summed E-state index contributed by atoms with van der Waals surface area (Å²) in [5.41, 5.74) is 1.74. The fourth-order valence-electron chi connectivity index (χ4n) is 3.50. The second kappa shape index (κ2) is 7.92. The minimum atomic E-state index is -0.532. The summed E-state index contributed by atoms with van der Waals surface area (Å²) in [5.74, 6) is 0.890. The molecule has 2 aromatic carbocycles. The molecular weight excluding hydrogens is 326 g/mol. The maximum atomic E-state index is 12.4. The van der Waals surface area contributed by atoms with Crippen LogP contribution in [-0.4, -0.2) is 24.7 Å². The number of rotatable bonds is 8. The fraction of sp³-hybridized carbons (Fsp3) is 0.409. The van der Waals surface area contributed by atoms with Crippen molar-refractivity contribution >= 4 is 5.91 Å². The number of ether oxygens (including phenoxy) is 1. The zero-order valence-corrected chi connectivity index (χ0v) is 15.4. The highest BCUT2D eigenvalue weighted by Gasteiger charge is 2.49. The molecule has 2 unspecified atom stereocenters. The number of aliphatic hydroxyl groups is 1. The molecule has 1 aliphatic carbocycles. The lowest BCUT2D eigenvalue weighted by Gasteiger charge is -2.23. The molecular formula is C22H27NO3. The van der Waals surface area contributed by atoms with Gasteiger partial charge in [0.2, 0.25) is 5.91 Å². The molecule has 1 saturated carbocycles. The number of methoxy groups -OCH3 is 1. The van der Waals surface area contributed by atoms with E-state index in [2.05, 4.69) is 5.32 Å². The van der Waals surface area contributed by atoms with Crippen molar-refractivity contribution in [2.24, 2.45) is 5.41 Å². The molecule has 26 heavy (non-hydrogen) atoms. The van der Waals surface area contributed by atoms with Crippen LogP contribution in [-0.2, 0) is 4.79 Å². The van der Waals surface area contributed by atoms with Crippen LogP contribution in [0.5, 0.6) is 5.75 Å². The number of para-hydroxylation sites is 1. The molecule has 1 fully saturated rings. The summed E-state index contributed by atoms with van der Waals surface area (Å²) in [5, 5.41) is 13.7. The number of hydrogen-bond donors (Lipinski definition) is 2. The van der Waals surface area contributed by atoms with Gasteiger partial charge in [0.15, 0.2) is 0 Å².